The predicted molar refractivity (Wildman–Crippen MR) is 99.5 cm³/mol. The maximum Gasteiger partial charge on any atom is 0.564 e. The molecule has 1 atom stereocenters. The zero-order chi connectivity index (χ0) is 17.9. The third-order valence-electron chi connectivity index (χ3n) is 4.34. The maximum absolute atomic E-state index is 10.8. The second-order valence-electron chi connectivity index (χ2n) is 6.63. The van der Waals surface area contributed by atoms with Gasteiger partial charge in [-0.3, -0.25) is 0 Å². The van der Waals surface area contributed by atoms with Gasteiger partial charge in [0, 0.05) is 4.21 Å². The Hall–Kier alpha value is -0.0100. The van der Waals surface area contributed by atoms with Gasteiger partial charge in [-0.25, -0.2) is 0 Å². The van der Waals surface area contributed by atoms with Crippen molar-refractivity contribution in [2.75, 3.05) is 6.61 Å². The van der Waals surface area contributed by atoms with Crippen LogP contribution in [-0.2, 0) is 28.0 Å². The van der Waals surface area contributed by atoms with Crippen molar-refractivity contribution in [2.45, 2.75) is 110 Å². The molecule has 2 N–H and O–H groups in total. The third kappa shape index (κ3) is 18.3. The van der Waals surface area contributed by atoms with E-state index in [0.29, 0.717) is 0 Å². The average Bonchev–Trinajstić information content (AvgIpc) is 2.57. The smallest absolute Gasteiger partial charge is 0.158 e. The van der Waals surface area contributed by atoms with E-state index in [1.54, 1.807) is 0 Å². The first kappa shape index (κ1) is 24.0. The monoisotopic (exact) mass is 365 g/mol. The summed E-state index contributed by atoms with van der Waals surface area (Å²) in [5.74, 6) is 4.57. The van der Waals surface area contributed by atoms with Crippen molar-refractivity contribution < 1.29 is 17.2 Å². The van der Waals surface area contributed by atoms with E-state index in [2.05, 4.69) is 21.3 Å². The Labute approximate surface area is 150 Å². The molecule has 145 valence electrons. The van der Waals surface area contributed by atoms with E-state index in [-0.39, 0.29) is 6.61 Å². The lowest BCUT2D eigenvalue weighted by Crippen LogP contribution is -2.20. The van der Waals surface area contributed by atoms with Crippen molar-refractivity contribution >= 4 is 10.8 Å². The summed E-state index contributed by atoms with van der Waals surface area (Å²) < 4.78 is 29.8. The fourth-order valence-corrected chi connectivity index (χ4v) is 3.22. The molecule has 0 amide bonds. The summed E-state index contributed by atoms with van der Waals surface area (Å²) in [6.07, 6.45) is 20.6. The van der Waals surface area contributed by atoms with E-state index >= 15 is 0 Å². The number of hydrogen-bond acceptors (Lipinski definition) is 4. The largest absolute Gasteiger partial charge is 0.564 e. The standard InChI is InChI=1S/C18H39NO4S/c1-2-3-4-5-6-7-8-9-10-11-12-13-14-15-16-17-18-22-24(20,21)23-19/h2-19H2,1H3/q+1. The molecule has 0 bridgehead atoms. The van der Waals surface area contributed by atoms with Crippen molar-refractivity contribution in [2.24, 2.45) is 5.90 Å². The van der Waals surface area contributed by atoms with Crippen LogP contribution in [0.2, 0.25) is 0 Å². The van der Waals surface area contributed by atoms with Gasteiger partial charge in [0.2, 0.25) is 0 Å². The highest BCUT2D eigenvalue weighted by molar-refractivity contribution is 7.88. The molecule has 6 heteroatoms. The van der Waals surface area contributed by atoms with Gasteiger partial charge in [-0.1, -0.05) is 103 Å². The molecular formula is C18H39NO4S+. The quantitative estimate of drug-likeness (QED) is 0.177. The minimum atomic E-state index is -3.96. The Morgan fingerprint density at radius 1 is 0.667 bits per heavy atom. The summed E-state index contributed by atoms with van der Waals surface area (Å²) in [5.41, 5.74) is 0. The molecule has 0 aromatic heterocycles. The Morgan fingerprint density at radius 2 is 1.00 bits per heavy atom. The van der Waals surface area contributed by atoms with Gasteiger partial charge in [-0.05, 0) is 10.7 Å². The molecule has 1 radical (unpaired) electrons. The van der Waals surface area contributed by atoms with Crippen LogP contribution in [0.15, 0.2) is 0 Å². The fraction of sp³-hybridized carbons (Fsp3) is 1.00. The fourth-order valence-electron chi connectivity index (χ4n) is 2.84. The van der Waals surface area contributed by atoms with Crippen molar-refractivity contribution in [3.05, 3.63) is 0 Å². The predicted octanol–water partition coefficient (Wildman–Crippen LogP) is 5.83. The van der Waals surface area contributed by atoms with Gasteiger partial charge in [0.1, 0.15) is 11.2 Å². The molecule has 0 aliphatic heterocycles. The van der Waals surface area contributed by atoms with E-state index in [4.69, 9.17) is 0 Å². The Kier molecular flexibility index (Phi) is 17.8. The van der Waals surface area contributed by atoms with Crippen molar-refractivity contribution in [1.82, 2.24) is 0 Å². The highest BCUT2D eigenvalue weighted by Crippen LogP contribution is 2.14. The van der Waals surface area contributed by atoms with Gasteiger partial charge in [0.25, 0.3) is 0 Å². The van der Waals surface area contributed by atoms with Gasteiger partial charge in [0.05, 0.1) is 0 Å². The van der Waals surface area contributed by atoms with Crippen LogP contribution >= 0.6 is 0 Å². The summed E-state index contributed by atoms with van der Waals surface area (Å²) in [4.78, 5) is 0. The summed E-state index contributed by atoms with van der Waals surface area (Å²) in [7, 11) is -3.96. The topological polar surface area (TPSA) is 81.5 Å². The van der Waals surface area contributed by atoms with Crippen LogP contribution in [0.4, 0.5) is 0 Å². The molecule has 0 aliphatic rings. The van der Waals surface area contributed by atoms with Crippen molar-refractivity contribution in [3.8, 4) is 0 Å². The van der Waals surface area contributed by atoms with E-state index < -0.39 is 10.8 Å². The molecule has 0 aromatic carbocycles. The maximum atomic E-state index is 10.8. The van der Waals surface area contributed by atoms with Crippen LogP contribution in [-0.4, -0.2) is 6.61 Å². The van der Waals surface area contributed by atoms with Gasteiger partial charge < -0.3 is 0 Å². The minimum absolute atomic E-state index is 0.151. The first-order chi connectivity index (χ1) is 11.6. The lowest BCUT2D eigenvalue weighted by molar-refractivity contribution is 0.152. The van der Waals surface area contributed by atoms with Gasteiger partial charge in [0.15, 0.2) is 0 Å². The molecule has 5 nitrogen and oxygen atoms in total. The molecule has 0 heterocycles. The van der Waals surface area contributed by atoms with E-state index in [1.807, 2.05) is 0 Å². The highest BCUT2D eigenvalue weighted by atomic mass is 32.3. The second kappa shape index (κ2) is 17.8. The molecule has 1 unspecified atom stereocenters. The van der Waals surface area contributed by atoms with Crippen LogP contribution in [0.5, 0.6) is 0 Å². The molecule has 0 fully saturated rings. The van der Waals surface area contributed by atoms with E-state index in [0.717, 1.165) is 19.3 Å². The number of unbranched alkanes of at least 4 members (excludes halogenated alkanes) is 15. The van der Waals surface area contributed by atoms with Crippen molar-refractivity contribution in [3.63, 3.8) is 0 Å². The molecule has 0 rings (SSSR count). The SMILES string of the molecule is CCCCCCCCCCCCCCCCCCO[S+]([O])(=O)ON. The molecule has 0 aromatic rings. The minimum Gasteiger partial charge on any atom is -0.158 e. The molecule has 0 saturated heterocycles. The molecule has 24 heavy (non-hydrogen) atoms. The van der Waals surface area contributed by atoms with Crippen LogP contribution < -0.4 is 5.90 Å². The lowest BCUT2D eigenvalue weighted by Gasteiger charge is -2.03. The second-order valence-corrected chi connectivity index (χ2v) is 7.87. The van der Waals surface area contributed by atoms with Crippen LogP contribution in [0.3, 0.4) is 0 Å². The van der Waals surface area contributed by atoms with E-state index in [1.165, 1.54) is 83.5 Å². The zero-order valence-corrected chi connectivity index (χ0v) is 16.5. The zero-order valence-electron chi connectivity index (χ0n) is 15.6. The lowest BCUT2D eigenvalue weighted by atomic mass is 10.0. The van der Waals surface area contributed by atoms with E-state index in [9.17, 15) is 8.76 Å². The third-order valence-corrected chi connectivity index (χ3v) is 5.03. The summed E-state index contributed by atoms with van der Waals surface area (Å²) in [5, 5.41) is 0. The van der Waals surface area contributed by atoms with Crippen molar-refractivity contribution in [1.29, 1.82) is 0 Å². The van der Waals surface area contributed by atoms with Crippen LogP contribution in [0.1, 0.15) is 110 Å². The molecular weight excluding hydrogens is 326 g/mol. The van der Waals surface area contributed by atoms with Gasteiger partial charge >= 0.3 is 10.8 Å². The Balaban J connectivity index is 3.06. The summed E-state index contributed by atoms with van der Waals surface area (Å²) in [6.45, 7) is 2.41. The molecule has 0 saturated carbocycles. The molecule has 0 spiro atoms. The Morgan fingerprint density at radius 3 is 1.33 bits per heavy atom. The first-order valence-electron chi connectivity index (χ1n) is 9.90. The first-order valence-corrected chi connectivity index (χ1v) is 11.2. The van der Waals surface area contributed by atoms with Gasteiger partial charge in [-0.2, -0.15) is 5.90 Å². The average molecular weight is 366 g/mol. The molecule has 0 aliphatic carbocycles. The van der Waals surface area contributed by atoms with Crippen LogP contribution in [0, 0.1) is 0 Å². The normalized spacial score (nSPS) is 14.0. The highest BCUT2D eigenvalue weighted by Gasteiger charge is 2.31. The number of rotatable bonds is 19. The summed E-state index contributed by atoms with van der Waals surface area (Å²) in [6, 6.07) is 0. The number of hydrogen-bond donors (Lipinski definition) is 1. The number of nitrogens with two attached hydrogens (primary N) is 1. The summed E-state index contributed by atoms with van der Waals surface area (Å²) >= 11 is 0. The van der Waals surface area contributed by atoms with Gasteiger partial charge in [-0.15, -0.1) is 4.18 Å². The van der Waals surface area contributed by atoms with Crippen LogP contribution in [0.25, 0.3) is 0 Å². The Bertz CT molecular complexity index is 303.